The van der Waals surface area contributed by atoms with Crippen molar-refractivity contribution in [3.05, 3.63) is 22.2 Å². The molecule has 86 valence electrons. The molecule has 0 N–H and O–H groups in total. The lowest BCUT2D eigenvalue weighted by molar-refractivity contribution is -0.307. The Morgan fingerprint density at radius 3 is 2.69 bits per heavy atom. The van der Waals surface area contributed by atoms with Crippen molar-refractivity contribution in [2.45, 2.75) is 0 Å². The largest absolute Gasteiger partial charge is 0.546 e. The van der Waals surface area contributed by atoms with Crippen molar-refractivity contribution in [1.82, 2.24) is 0 Å². The summed E-state index contributed by atoms with van der Waals surface area (Å²) in [5, 5.41) is 10.2. The molecule has 0 radical (unpaired) electrons. The van der Waals surface area contributed by atoms with Crippen LogP contribution in [-0.4, -0.2) is 26.0 Å². The standard InChI is InChI=1S/C10H9BrO5/c1-15-8-2-6(4-12)7(11)3-9(8)16-5-10(13)14/h2-4H,5H2,1H3,(H,13,14)/p-1. The fourth-order valence-electron chi connectivity index (χ4n) is 1.05. The van der Waals surface area contributed by atoms with Crippen molar-refractivity contribution in [2.75, 3.05) is 13.7 Å². The van der Waals surface area contributed by atoms with E-state index in [2.05, 4.69) is 15.9 Å². The molecule has 0 unspecified atom stereocenters. The van der Waals surface area contributed by atoms with E-state index in [0.29, 0.717) is 16.3 Å². The van der Waals surface area contributed by atoms with Crippen LogP contribution in [0.1, 0.15) is 10.4 Å². The molecule has 1 aromatic carbocycles. The van der Waals surface area contributed by atoms with Gasteiger partial charge in [-0.1, -0.05) is 0 Å². The molecule has 6 heteroatoms. The van der Waals surface area contributed by atoms with E-state index in [1.165, 1.54) is 19.2 Å². The van der Waals surface area contributed by atoms with Crippen molar-refractivity contribution in [3.63, 3.8) is 0 Å². The van der Waals surface area contributed by atoms with E-state index in [1.54, 1.807) is 0 Å². The van der Waals surface area contributed by atoms with Crippen LogP contribution in [0.15, 0.2) is 16.6 Å². The topological polar surface area (TPSA) is 75.7 Å². The van der Waals surface area contributed by atoms with Crippen LogP contribution in [0.4, 0.5) is 0 Å². The molecular formula is C10H8BrO5-. The number of halogens is 1. The number of carbonyl (C=O) groups excluding carboxylic acids is 2. The molecule has 0 aromatic heterocycles. The van der Waals surface area contributed by atoms with E-state index in [-0.39, 0.29) is 11.5 Å². The van der Waals surface area contributed by atoms with Crippen LogP contribution in [0.3, 0.4) is 0 Å². The Morgan fingerprint density at radius 1 is 1.50 bits per heavy atom. The summed E-state index contributed by atoms with van der Waals surface area (Å²) in [5.41, 5.74) is 0.387. The molecule has 0 amide bonds. The number of carboxylic acids is 1. The Bertz CT molecular complexity index is 416. The summed E-state index contributed by atoms with van der Waals surface area (Å²) in [5.74, 6) is -0.826. The maximum absolute atomic E-state index is 10.6. The fraction of sp³-hybridized carbons (Fsp3) is 0.200. The molecule has 1 rings (SSSR count). The van der Waals surface area contributed by atoms with Crippen LogP contribution >= 0.6 is 15.9 Å². The molecule has 0 saturated heterocycles. The highest BCUT2D eigenvalue weighted by atomic mass is 79.9. The number of rotatable bonds is 5. The molecule has 0 aliphatic rings. The maximum atomic E-state index is 10.6. The smallest absolute Gasteiger partial charge is 0.162 e. The van der Waals surface area contributed by atoms with Crippen LogP contribution < -0.4 is 14.6 Å². The zero-order chi connectivity index (χ0) is 12.1. The van der Waals surface area contributed by atoms with Gasteiger partial charge in [0.1, 0.15) is 6.61 Å². The minimum atomic E-state index is -1.34. The highest BCUT2D eigenvalue weighted by Gasteiger charge is 2.09. The van der Waals surface area contributed by atoms with Crippen LogP contribution in [0.25, 0.3) is 0 Å². The van der Waals surface area contributed by atoms with E-state index in [1.807, 2.05) is 0 Å². The number of hydrogen-bond donors (Lipinski definition) is 0. The minimum Gasteiger partial charge on any atom is -0.546 e. The summed E-state index contributed by atoms with van der Waals surface area (Å²) in [7, 11) is 1.39. The van der Waals surface area contributed by atoms with Gasteiger partial charge in [-0.3, -0.25) is 4.79 Å². The summed E-state index contributed by atoms with van der Waals surface area (Å²) in [4.78, 5) is 20.9. The zero-order valence-corrected chi connectivity index (χ0v) is 9.94. The molecule has 1 aromatic rings. The van der Waals surface area contributed by atoms with Gasteiger partial charge in [-0.15, -0.1) is 0 Å². The lowest BCUT2D eigenvalue weighted by atomic mass is 10.2. The van der Waals surface area contributed by atoms with Gasteiger partial charge >= 0.3 is 0 Å². The minimum absolute atomic E-state index is 0.226. The Morgan fingerprint density at radius 2 is 2.19 bits per heavy atom. The first-order valence-electron chi connectivity index (χ1n) is 4.24. The van der Waals surface area contributed by atoms with Gasteiger partial charge in [0, 0.05) is 10.0 Å². The van der Waals surface area contributed by atoms with Gasteiger partial charge in [0.2, 0.25) is 0 Å². The van der Waals surface area contributed by atoms with Crippen molar-refractivity contribution in [3.8, 4) is 11.5 Å². The monoisotopic (exact) mass is 287 g/mol. The molecule has 5 nitrogen and oxygen atoms in total. The Balaban J connectivity index is 3.03. The number of aldehydes is 1. The van der Waals surface area contributed by atoms with Crippen LogP contribution in [0, 0.1) is 0 Å². The molecule has 0 spiro atoms. The molecule has 0 fully saturated rings. The average Bonchev–Trinajstić information content (AvgIpc) is 2.26. The van der Waals surface area contributed by atoms with Crippen LogP contribution in [0.2, 0.25) is 0 Å². The zero-order valence-electron chi connectivity index (χ0n) is 8.36. The summed E-state index contributed by atoms with van der Waals surface area (Å²) < 4.78 is 10.4. The van der Waals surface area contributed by atoms with E-state index in [0.717, 1.165) is 0 Å². The van der Waals surface area contributed by atoms with Gasteiger partial charge in [-0.05, 0) is 28.1 Å². The second-order valence-corrected chi connectivity index (χ2v) is 3.66. The summed E-state index contributed by atoms with van der Waals surface area (Å²) in [6, 6.07) is 2.91. The van der Waals surface area contributed by atoms with Crippen molar-refractivity contribution in [1.29, 1.82) is 0 Å². The normalized spacial score (nSPS) is 9.62. The van der Waals surface area contributed by atoms with Crippen molar-refractivity contribution < 1.29 is 24.2 Å². The number of carbonyl (C=O) groups is 2. The number of aliphatic carboxylic acids is 1. The van der Waals surface area contributed by atoms with Crippen molar-refractivity contribution in [2.24, 2.45) is 0 Å². The highest BCUT2D eigenvalue weighted by Crippen LogP contribution is 2.32. The molecule has 0 saturated carbocycles. The van der Waals surface area contributed by atoms with Gasteiger partial charge in [0.05, 0.1) is 13.1 Å². The predicted octanol–water partition coefficient (Wildman–Crippen LogP) is 0.399. The third kappa shape index (κ3) is 2.96. The molecule has 16 heavy (non-hydrogen) atoms. The van der Waals surface area contributed by atoms with E-state index < -0.39 is 12.6 Å². The van der Waals surface area contributed by atoms with E-state index in [9.17, 15) is 14.7 Å². The quantitative estimate of drug-likeness (QED) is 0.733. The third-order valence-corrected chi connectivity index (χ3v) is 2.44. The molecule has 0 heterocycles. The lowest BCUT2D eigenvalue weighted by Gasteiger charge is -2.12. The second-order valence-electron chi connectivity index (χ2n) is 2.80. The fourth-order valence-corrected chi connectivity index (χ4v) is 1.47. The van der Waals surface area contributed by atoms with Crippen LogP contribution in [-0.2, 0) is 4.79 Å². The molecule has 0 bridgehead atoms. The van der Waals surface area contributed by atoms with Gasteiger partial charge < -0.3 is 19.4 Å². The summed E-state index contributed by atoms with van der Waals surface area (Å²) in [6.07, 6.45) is 0.648. The Labute approximate surface area is 100 Å². The number of methoxy groups -OCH3 is 1. The van der Waals surface area contributed by atoms with E-state index >= 15 is 0 Å². The van der Waals surface area contributed by atoms with E-state index in [4.69, 9.17) is 9.47 Å². The molecule has 0 atom stereocenters. The van der Waals surface area contributed by atoms with Crippen molar-refractivity contribution >= 4 is 28.2 Å². The Kier molecular flexibility index (Phi) is 4.30. The first kappa shape index (κ1) is 12.5. The third-order valence-electron chi connectivity index (χ3n) is 1.76. The number of benzene rings is 1. The Hall–Kier alpha value is -1.56. The number of ether oxygens (including phenoxy) is 2. The SMILES string of the molecule is COc1cc(C=O)c(Br)cc1OCC(=O)[O-]. The number of carboxylic acid groups (broad SMARTS) is 1. The first-order chi connectivity index (χ1) is 7.58. The van der Waals surface area contributed by atoms with Crippen LogP contribution in [0.5, 0.6) is 11.5 Å². The lowest BCUT2D eigenvalue weighted by Crippen LogP contribution is -2.29. The van der Waals surface area contributed by atoms with Gasteiger partial charge in [-0.25, -0.2) is 0 Å². The van der Waals surface area contributed by atoms with Gasteiger partial charge in [0.15, 0.2) is 17.8 Å². The van der Waals surface area contributed by atoms with Gasteiger partial charge in [0.25, 0.3) is 0 Å². The average molecular weight is 288 g/mol. The number of hydrogen-bond acceptors (Lipinski definition) is 5. The molecule has 0 aliphatic carbocycles. The molecular weight excluding hydrogens is 280 g/mol. The first-order valence-corrected chi connectivity index (χ1v) is 5.03. The predicted molar refractivity (Wildman–Crippen MR) is 56.6 cm³/mol. The maximum Gasteiger partial charge on any atom is 0.162 e. The summed E-state index contributed by atoms with van der Waals surface area (Å²) >= 11 is 3.15. The highest BCUT2D eigenvalue weighted by molar-refractivity contribution is 9.10. The summed E-state index contributed by atoms with van der Waals surface area (Å²) in [6.45, 7) is -0.580. The van der Waals surface area contributed by atoms with Gasteiger partial charge in [-0.2, -0.15) is 0 Å². The second kappa shape index (κ2) is 5.50. The molecule has 0 aliphatic heterocycles.